The number of aromatic nitrogens is 2. The van der Waals surface area contributed by atoms with Crippen LogP contribution in [0.25, 0.3) is 11.0 Å². The molecule has 1 atom stereocenters. The fourth-order valence-corrected chi connectivity index (χ4v) is 2.62. The molecule has 2 aromatic rings. The molecule has 6 heteroatoms. The summed E-state index contributed by atoms with van der Waals surface area (Å²) >= 11 is 0. The number of fused-ring (bicyclic) bond motifs is 1. The van der Waals surface area contributed by atoms with Crippen LogP contribution in [0.1, 0.15) is 51.9 Å². The Morgan fingerprint density at radius 2 is 2.04 bits per heavy atom. The summed E-state index contributed by atoms with van der Waals surface area (Å²) in [6.07, 6.45) is 2.23. The monoisotopic (exact) mass is 332 g/mol. The number of nitrogens with zero attached hydrogens (tertiary/aromatic N) is 2. The predicted molar refractivity (Wildman–Crippen MR) is 95.7 cm³/mol. The molecule has 1 amide bonds. The third-order valence-corrected chi connectivity index (χ3v) is 3.76. The number of hydrogen-bond donors (Lipinski definition) is 2. The zero-order chi connectivity index (χ0) is 17.7. The first-order valence-electron chi connectivity index (χ1n) is 8.42. The number of aryl methyl sites for hydroxylation is 1. The average Bonchev–Trinajstić information content (AvgIpc) is 2.83. The van der Waals surface area contributed by atoms with Crippen molar-refractivity contribution in [3.63, 3.8) is 0 Å². The van der Waals surface area contributed by atoms with Gasteiger partial charge in [-0.1, -0.05) is 12.1 Å². The molecule has 6 nitrogen and oxygen atoms in total. The molecule has 132 valence electrons. The van der Waals surface area contributed by atoms with Crippen molar-refractivity contribution in [2.45, 2.75) is 51.7 Å². The third kappa shape index (κ3) is 4.96. The largest absolute Gasteiger partial charge is 0.444 e. The van der Waals surface area contributed by atoms with Gasteiger partial charge < -0.3 is 20.4 Å². The van der Waals surface area contributed by atoms with Crippen molar-refractivity contribution in [1.29, 1.82) is 0 Å². The lowest BCUT2D eigenvalue weighted by molar-refractivity contribution is 0.0527. The van der Waals surface area contributed by atoms with Crippen molar-refractivity contribution < 1.29 is 9.53 Å². The Labute approximate surface area is 143 Å². The minimum absolute atomic E-state index is 0.107. The summed E-state index contributed by atoms with van der Waals surface area (Å²) in [6.45, 7) is 6.14. The number of ether oxygens (including phenoxy) is 1. The molecule has 0 aliphatic heterocycles. The van der Waals surface area contributed by atoms with E-state index in [1.807, 2.05) is 52.1 Å². The summed E-state index contributed by atoms with van der Waals surface area (Å²) in [5, 5.41) is 2.76. The van der Waals surface area contributed by atoms with Crippen molar-refractivity contribution in [1.82, 2.24) is 14.9 Å². The van der Waals surface area contributed by atoms with Gasteiger partial charge in [-0.25, -0.2) is 9.78 Å². The van der Waals surface area contributed by atoms with Crippen LogP contribution in [-0.4, -0.2) is 27.8 Å². The Kier molecular flexibility index (Phi) is 5.83. The van der Waals surface area contributed by atoms with E-state index < -0.39 is 5.60 Å². The molecule has 1 aromatic heterocycles. The second kappa shape index (κ2) is 7.66. The number of imidazole rings is 1. The first-order chi connectivity index (χ1) is 11.3. The van der Waals surface area contributed by atoms with Gasteiger partial charge in [0.1, 0.15) is 11.4 Å². The van der Waals surface area contributed by atoms with Gasteiger partial charge in [0.05, 0.1) is 17.1 Å². The van der Waals surface area contributed by atoms with E-state index in [9.17, 15) is 4.79 Å². The number of nitrogens with one attached hydrogen (secondary N) is 1. The Bertz CT molecular complexity index is 688. The lowest BCUT2D eigenvalue weighted by Crippen LogP contribution is -2.33. The van der Waals surface area contributed by atoms with E-state index in [-0.39, 0.29) is 12.1 Å². The normalized spacial score (nSPS) is 13.0. The fraction of sp³-hybridized carbons (Fsp3) is 0.556. The van der Waals surface area contributed by atoms with E-state index in [0.717, 1.165) is 36.1 Å². The van der Waals surface area contributed by atoms with E-state index in [1.165, 1.54) is 0 Å². The van der Waals surface area contributed by atoms with Crippen molar-refractivity contribution in [3.8, 4) is 0 Å². The number of nitrogens with two attached hydrogens (primary N) is 1. The molecule has 1 heterocycles. The highest BCUT2D eigenvalue weighted by molar-refractivity contribution is 5.75. The number of carbonyl (C=O) groups is 1. The Morgan fingerprint density at radius 3 is 2.71 bits per heavy atom. The maximum Gasteiger partial charge on any atom is 0.407 e. The van der Waals surface area contributed by atoms with Gasteiger partial charge >= 0.3 is 6.09 Å². The summed E-state index contributed by atoms with van der Waals surface area (Å²) in [7, 11) is 1.99. The number of amides is 1. The van der Waals surface area contributed by atoms with Gasteiger partial charge in [-0.2, -0.15) is 0 Å². The van der Waals surface area contributed by atoms with Gasteiger partial charge in [0, 0.05) is 13.6 Å². The smallest absolute Gasteiger partial charge is 0.407 e. The maximum atomic E-state index is 11.5. The Hall–Kier alpha value is -2.08. The highest BCUT2D eigenvalue weighted by Crippen LogP contribution is 2.21. The first-order valence-corrected chi connectivity index (χ1v) is 8.42. The molecule has 0 saturated carbocycles. The van der Waals surface area contributed by atoms with E-state index in [4.69, 9.17) is 10.5 Å². The van der Waals surface area contributed by atoms with Crippen LogP contribution in [-0.2, 0) is 11.8 Å². The average molecular weight is 332 g/mol. The molecule has 3 N–H and O–H groups in total. The number of alkyl carbamates (subject to hydrolysis) is 1. The van der Waals surface area contributed by atoms with Crippen LogP contribution < -0.4 is 11.1 Å². The minimum Gasteiger partial charge on any atom is -0.444 e. The van der Waals surface area contributed by atoms with Gasteiger partial charge in [-0.3, -0.25) is 0 Å². The number of rotatable bonds is 6. The van der Waals surface area contributed by atoms with E-state index >= 15 is 0 Å². The summed E-state index contributed by atoms with van der Waals surface area (Å²) in [5.41, 5.74) is 7.89. The molecular weight excluding hydrogens is 304 g/mol. The van der Waals surface area contributed by atoms with Crippen LogP contribution >= 0.6 is 0 Å². The second-order valence-corrected chi connectivity index (χ2v) is 7.05. The number of benzene rings is 1. The van der Waals surface area contributed by atoms with Crippen molar-refractivity contribution >= 4 is 17.1 Å². The Balaban J connectivity index is 1.76. The minimum atomic E-state index is -0.466. The molecule has 0 aliphatic rings. The number of unbranched alkanes of at least 4 members (excludes halogenated alkanes) is 1. The first kappa shape index (κ1) is 18.3. The lowest BCUT2D eigenvalue weighted by Gasteiger charge is -2.19. The van der Waals surface area contributed by atoms with E-state index in [2.05, 4.69) is 14.9 Å². The topological polar surface area (TPSA) is 82.2 Å². The molecule has 24 heavy (non-hydrogen) atoms. The molecular formula is C18H28N4O2. The van der Waals surface area contributed by atoms with Gasteiger partial charge in [-0.15, -0.1) is 0 Å². The molecule has 0 fully saturated rings. The number of para-hydroxylation sites is 2. The molecule has 0 unspecified atom stereocenters. The molecule has 0 aliphatic carbocycles. The van der Waals surface area contributed by atoms with Crippen LogP contribution in [0.4, 0.5) is 4.79 Å². The quantitative estimate of drug-likeness (QED) is 0.795. The second-order valence-electron chi connectivity index (χ2n) is 7.05. The lowest BCUT2D eigenvalue weighted by atomic mass is 10.1. The molecule has 0 spiro atoms. The van der Waals surface area contributed by atoms with Crippen molar-refractivity contribution in [2.24, 2.45) is 12.8 Å². The van der Waals surface area contributed by atoms with Crippen LogP contribution in [0.5, 0.6) is 0 Å². The van der Waals surface area contributed by atoms with E-state index in [1.54, 1.807) is 0 Å². The van der Waals surface area contributed by atoms with Gasteiger partial charge in [0.25, 0.3) is 0 Å². The highest BCUT2D eigenvalue weighted by Gasteiger charge is 2.16. The fourth-order valence-electron chi connectivity index (χ4n) is 2.62. The molecule has 0 bridgehead atoms. The predicted octanol–water partition coefficient (Wildman–Crippen LogP) is 3.27. The van der Waals surface area contributed by atoms with E-state index in [0.29, 0.717) is 6.54 Å². The maximum absolute atomic E-state index is 11.5. The number of hydrogen-bond acceptors (Lipinski definition) is 4. The standard InChI is InChI=1S/C18H28N4O2/c1-18(2,3)24-17(23)20-12-8-7-9-13(19)16-21-14-10-5-6-11-15(14)22(16)4/h5-6,10-11,13H,7-9,12,19H2,1-4H3,(H,20,23)/t13-/m0/s1. The summed E-state index contributed by atoms with van der Waals surface area (Å²) in [5.74, 6) is 0.899. The van der Waals surface area contributed by atoms with Crippen LogP contribution in [0.15, 0.2) is 24.3 Å². The van der Waals surface area contributed by atoms with Gasteiger partial charge in [0.15, 0.2) is 0 Å². The summed E-state index contributed by atoms with van der Waals surface area (Å²) in [6, 6.07) is 7.91. The zero-order valence-electron chi connectivity index (χ0n) is 15.0. The van der Waals surface area contributed by atoms with Crippen molar-refractivity contribution in [2.75, 3.05) is 6.54 Å². The molecule has 0 saturated heterocycles. The molecule has 1 aromatic carbocycles. The van der Waals surface area contributed by atoms with Gasteiger partial charge in [-0.05, 0) is 52.2 Å². The highest BCUT2D eigenvalue weighted by atomic mass is 16.6. The van der Waals surface area contributed by atoms with Crippen LogP contribution in [0.3, 0.4) is 0 Å². The third-order valence-electron chi connectivity index (χ3n) is 3.76. The zero-order valence-corrected chi connectivity index (χ0v) is 15.0. The Morgan fingerprint density at radius 1 is 1.33 bits per heavy atom. The summed E-state index contributed by atoms with van der Waals surface area (Å²) < 4.78 is 7.25. The van der Waals surface area contributed by atoms with Crippen LogP contribution in [0.2, 0.25) is 0 Å². The SMILES string of the molecule is Cn1c([C@@H](N)CCCCNC(=O)OC(C)(C)C)nc2ccccc21. The summed E-state index contributed by atoms with van der Waals surface area (Å²) in [4.78, 5) is 16.2. The van der Waals surface area contributed by atoms with Crippen molar-refractivity contribution in [3.05, 3.63) is 30.1 Å². The molecule has 2 rings (SSSR count). The van der Waals surface area contributed by atoms with Gasteiger partial charge in [0.2, 0.25) is 0 Å². The number of carbonyl (C=O) groups excluding carboxylic acids is 1. The molecule has 0 radical (unpaired) electrons. The van der Waals surface area contributed by atoms with Crippen LogP contribution in [0, 0.1) is 0 Å².